The lowest BCUT2D eigenvalue weighted by molar-refractivity contribution is -0.121. The minimum absolute atomic E-state index is 0. The molecule has 1 aromatic carbocycles. The highest BCUT2D eigenvalue weighted by atomic mass is 35.5. The van der Waals surface area contributed by atoms with Crippen molar-refractivity contribution in [3.8, 4) is 0 Å². The molecule has 3 nitrogen and oxygen atoms in total. The molecule has 1 rings (SSSR count). The Balaban J connectivity index is 0.00000841. The molecular formula is C17H29ClN2O. The molecule has 0 aliphatic carbocycles. The predicted molar refractivity (Wildman–Crippen MR) is 93.4 cm³/mol. The highest BCUT2D eigenvalue weighted by molar-refractivity contribution is 5.96. The zero-order valence-electron chi connectivity index (χ0n) is 21.7. The van der Waals surface area contributed by atoms with Crippen molar-refractivity contribution in [2.45, 2.75) is 53.4 Å². The Bertz CT molecular complexity index is 709. The van der Waals surface area contributed by atoms with Gasteiger partial charge in [-0.3, -0.25) is 9.69 Å². The quantitative estimate of drug-likeness (QED) is 0.817. The maximum atomic E-state index is 13.0. The number of carbonyl (C=O) groups is 1. The van der Waals surface area contributed by atoms with Crippen LogP contribution in [-0.4, -0.2) is 29.9 Å². The first kappa shape index (κ1) is 9.16. The first-order chi connectivity index (χ1) is 13.2. The first-order valence-corrected chi connectivity index (χ1v) is 6.91. The van der Waals surface area contributed by atoms with E-state index in [0.29, 0.717) is 19.5 Å². The molecule has 0 radical (unpaired) electrons. The summed E-state index contributed by atoms with van der Waals surface area (Å²) in [6.45, 7) is 0.926. The molecule has 1 aromatic rings. The van der Waals surface area contributed by atoms with Gasteiger partial charge in [0.15, 0.2) is 0 Å². The Kier molecular flexibility index (Phi) is 4.28. The summed E-state index contributed by atoms with van der Waals surface area (Å²) in [6, 6.07) is -3.00. The molecular weight excluding hydrogens is 284 g/mol. The molecule has 0 fully saturated rings. The van der Waals surface area contributed by atoms with E-state index in [9.17, 15) is 4.79 Å². The summed E-state index contributed by atoms with van der Waals surface area (Å²) in [5.41, 5.74) is -2.04. The molecule has 0 spiro atoms. The molecule has 0 saturated heterocycles. The number of nitrogens with one attached hydrogen (secondary N) is 1. The molecule has 0 saturated carbocycles. The van der Waals surface area contributed by atoms with Crippen molar-refractivity contribution in [3.05, 3.63) is 29.3 Å². The molecule has 0 aliphatic rings. The van der Waals surface area contributed by atoms with Crippen LogP contribution in [0, 0.1) is 13.7 Å². The second-order valence-corrected chi connectivity index (χ2v) is 4.54. The van der Waals surface area contributed by atoms with Gasteiger partial charge >= 0.3 is 0 Å². The zero-order chi connectivity index (χ0) is 22.7. The van der Waals surface area contributed by atoms with Crippen molar-refractivity contribution in [3.63, 3.8) is 0 Å². The fourth-order valence-corrected chi connectivity index (χ4v) is 2.17. The fourth-order valence-electron chi connectivity index (χ4n) is 2.17. The van der Waals surface area contributed by atoms with Crippen molar-refractivity contribution in [1.82, 2.24) is 4.90 Å². The van der Waals surface area contributed by atoms with Crippen LogP contribution in [0.3, 0.4) is 0 Å². The number of hydrogen-bond donors (Lipinski definition) is 1. The third-order valence-electron chi connectivity index (χ3n) is 3.17. The van der Waals surface area contributed by atoms with Gasteiger partial charge in [0.2, 0.25) is 5.91 Å². The monoisotopic (exact) mass is 321 g/mol. The standard InChI is InChI=1S/C17H28N2O.ClH/c1-6-12-19(8-3)15(7-2)17(20)18-16-13(4)10-9-11-14(16)5;/h9-11,15H,6-8,12H2,1-5H3,(H,18,20);1H/i4D3,5D3,9D,10D,11D;. The Morgan fingerprint density at radius 1 is 1.33 bits per heavy atom. The first-order valence-electron chi connectivity index (χ1n) is 11.4. The third kappa shape index (κ3) is 5.33. The van der Waals surface area contributed by atoms with Gasteiger partial charge in [-0.15, -0.1) is 12.4 Å². The molecule has 0 aliphatic heterocycles. The van der Waals surface area contributed by atoms with E-state index in [1.54, 1.807) is 6.92 Å². The molecule has 1 amide bonds. The van der Waals surface area contributed by atoms with E-state index >= 15 is 0 Å². The van der Waals surface area contributed by atoms with Crippen LogP contribution in [0.1, 0.15) is 57.1 Å². The van der Waals surface area contributed by atoms with Gasteiger partial charge in [-0.2, -0.15) is 0 Å². The number of benzene rings is 1. The number of likely N-dealkylation sites (N-methyl/N-ethyl adjacent to an activating group) is 1. The van der Waals surface area contributed by atoms with E-state index < -0.39 is 60.6 Å². The van der Waals surface area contributed by atoms with Crippen LogP contribution in [0.25, 0.3) is 0 Å². The minimum Gasteiger partial charge on any atom is -0.324 e. The number of anilines is 1. The molecule has 1 atom stereocenters. The molecule has 120 valence electrons. The van der Waals surface area contributed by atoms with Crippen molar-refractivity contribution < 1.29 is 17.1 Å². The number of carbonyl (C=O) groups excluding carboxylic acids is 1. The number of nitrogens with zero attached hydrogens (tertiary/aromatic N) is 1. The second-order valence-electron chi connectivity index (χ2n) is 4.54. The van der Waals surface area contributed by atoms with Crippen LogP contribution < -0.4 is 5.32 Å². The summed E-state index contributed by atoms with van der Waals surface area (Å²) in [4.78, 5) is 14.9. The van der Waals surface area contributed by atoms with Gasteiger partial charge in [-0.1, -0.05) is 38.9 Å². The highest BCUT2D eigenvalue weighted by Gasteiger charge is 2.23. The maximum Gasteiger partial charge on any atom is 0.241 e. The van der Waals surface area contributed by atoms with Crippen molar-refractivity contribution >= 4 is 24.0 Å². The summed E-state index contributed by atoms with van der Waals surface area (Å²) in [5, 5.41) is 2.40. The van der Waals surface area contributed by atoms with Crippen molar-refractivity contribution in [2.75, 3.05) is 18.4 Å². The smallest absolute Gasteiger partial charge is 0.241 e. The average Bonchev–Trinajstić information content (AvgIpc) is 2.57. The Hall–Kier alpha value is -1.06. The molecule has 1 N–H and O–H groups in total. The van der Waals surface area contributed by atoms with Crippen molar-refractivity contribution in [2.24, 2.45) is 0 Å². The van der Waals surface area contributed by atoms with E-state index in [1.807, 2.05) is 18.7 Å². The Morgan fingerprint density at radius 2 is 1.95 bits per heavy atom. The van der Waals surface area contributed by atoms with Gasteiger partial charge in [0.05, 0.1) is 10.2 Å². The molecule has 0 heterocycles. The zero-order valence-corrected chi connectivity index (χ0v) is 13.5. The number of hydrogen-bond acceptors (Lipinski definition) is 2. The van der Waals surface area contributed by atoms with Gasteiger partial charge < -0.3 is 5.32 Å². The third-order valence-corrected chi connectivity index (χ3v) is 3.17. The van der Waals surface area contributed by atoms with Gasteiger partial charge in [0.25, 0.3) is 0 Å². The molecule has 0 bridgehead atoms. The van der Waals surface area contributed by atoms with E-state index in [-0.39, 0.29) is 12.4 Å². The minimum atomic E-state index is -2.95. The van der Waals surface area contributed by atoms with Crippen molar-refractivity contribution in [1.29, 1.82) is 0 Å². The van der Waals surface area contributed by atoms with E-state index in [0.717, 1.165) is 6.42 Å². The second kappa shape index (κ2) is 9.80. The number of amides is 1. The van der Waals surface area contributed by atoms with E-state index in [4.69, 9.17) is 12.3 Å². The summed E-state index contributed by atoms with van der Waals surface area (Å²) in [7, 11) is 0. The van der Waals surface area contributed by atoms with Crippen LogP contribution in [0.4, 0.5) is 5.69 Å². The number of rotatable bonds is 7. The number of halogens is 1. The summed E-state index contributed by atoms with van der Waals surface area (Å²) < 4.78 is 70.2. The molecule has 0 aromatic heterocycles. The van der Waals surface area contributed by atoms with Crippen LogP contribution >= 0.6 is 12.4 Å². The number of para-hydroxylation sites is 1. The summed E-state index contributed by atoms with van der Waals surface area (Å²) in [5.74, 6) is -0.602. The van der Waals surface area contributed by atoms with E-state index in [2.05, 4.69) is 5.32 Å². The Labute approximate surface area is 148 Å². The van der Waals surface area contributed by atoms with Crippen LogP contribution in [-0.2, 0) is 4.79 Å². The topological polar surface area (TPSA) is 32.3 Å². The Morgan fingerprint density at radius 3 is 2.38 bits per heavy atom. The van der Waals surface area contributed by atoms with Gasteiger partial charge in [0, 0.05) is 13.9 Å². The highest BCUT2D eigenvalue weighted by Crippen LogP contribution is 2.20. The largest absolute Gasteiger partial charge is 0.324 e. The lowest BCUT2D eigenvalue weighted by atomic mass is 10.1. The van der Waals surface area contributed by atoms with Gasteiger partial charge in [-0.05, 0) is 50.8 Å². The van der Waals surface area contributed by atoms with Gasteiger partial charge in [-0.25, -0.2) is 0 Å². The fraction of sp³-hybridized carbons (Fsp3) is 0.588. The average molecular weight is 322 g/mol. The summed E-state index contributed by atoms with van der Waals surface area (Å²) in [6.07, 6.45) is 1.20. The summed E-state index contributed by atoms with van der Waals surface area (Å²) >= 11 is 0. The predicted octanol–water partition coefficient (Wildman–Crippen LogP) is 4.17. The molecule has 1 unspecified atom stereocenters. The SMILES string of the molecule is Cl.[2H]c1c([2H])c(C([2H])([2H])[2H])c(NC(=O)C(CC)N(CC)CCC)c(C([2H])([2H])[2H])c1[2H]. The molecule has 4 heteroatoms. The normalized spacial score (nSPS) is 19.3. The van der Waals surface area contributed by atoms with Gasteiger partial charge in [0.1, 0.15) is 0 Å². The van der Waals surface area contributed by atoms with Crippen LogP contribution in [0.15, 0.2) is 18.1 Å². The maximum absolute atomic E-state index is 13.0. The lowest BCUT2D eigenvalue weighted by Crippen LogP contribution is -2.44. The van der Waals surface area contributed by atoms with Crippen LogP contribution in [0.2, 0.25) is 0 Å². The molecule has 21 heavy (non-hydrogen) atoms. The van der Waals surface area contributed by atoms with Crippen LogP contribution in [0.5, 0.6) is 0 Å². The van der Waals surface area contributed by atoms with E-state index in [1.165, 1.54) is 0 Å². The lowest BCUT2D eigenvalue weighted by Gasteiger charge is -2.29.